The summed E-state index contributed by atoms with van der Waals surface area (Å²) in [6.07, 6.45) is 2.31. The van der Waals surface area contributed by atoms with Gasteiger partial charge in [-0.05, 0) is 6.08 Å². The molecule has 80 valence electrons. The summed E-state index contributed by atoms with van der Waals surface area (Å²) in [4.78, 5) is 23.7. The number of primary amides is 1. The second-order valence-corrected chi connectivity index (χ2v) is 2.07. The molecule has 0 saturated heterocycles. The van der Waals surface area contributed by atoms with Crippen LogP contribution in [0.3, 0.4) is 0 Å². The summed E-state index contributed by atoms with van der Waals surface area (Å²) in [7, 11) is -2.87. The molecular formula is C7H19NO4P+. The molecule has 0 aromatic heterocycles. The van der Waals surface area contributed by atoms with Crippen molar-refractivity contribution in [2.75, 3.05) is 0 Å². The van der Waals surface area contributed by atoms with Crippen LogP contribution in [0.5, 0.6) is 0 Å². The van der Waals surface area contributed by atoms with Gasteiger partial charge in [0.05, 0.1) is 0 Å². The lowest BCUT2D eigenvalue weighted by atomic mass is 10.6. The maximum atomic E-state index is 9.47. The van der Waals surface area contributed by atoms with Gasteiger partial charge in [-0.25, -0.2) is 0 Å². The van der Waals surface area contributed by atoms with Crippen LogP contribution in [0.1, 0.15) is 27.7 Å². The zero-order valence-electron chi connectivity index (χ0n) is 7.23. The molecule has 0 heterocycles. The highest BCUT2D eigenvalue weighted by atomic mass is 31.1. The van der Waals surface area contributed by atoms with E-state index in [0.29, 0.717) is 0 Å². The lowest BCUT2D eigenvalue weighted by Crippen LogP contribution is -2.04. The van der Waals surface area contributed by atoms with E-state index in [9.17, 15) is 4.79 Å². The fraction of sp³-hybridized carbons (Fsp3) is 0.571. The van der Waals surface area contributed by atoms with Crippen LogP contribution in [0.25, 0.3) is 0 Å². The van der Waals surface area contributed by atoms with E-state index in [1.807, 2.05) is 0 Å². The van der Waals surface area contributed by atoms with Gasteiger partial charge < -0.3 is 5.73 Å². The van der Waals surface area contributed by atoms with Crippen molar-refractivity contribution in [2.45, 2.75) is 27.7 Å². The van der Waals surface area contributed by atoms with Crippen LogP contribution in [0.2, 0.25) is 0 Å². The molecule has 0 aliphatic rings. The van der Waals surface area contributed by atoms with Crippen molar-refractivity contribution >= 4 is 14.2 Å². The minimum absolute atomic E-state index is 0. The Morgan fingerprint density at radius 3 is 1.62 bits per heavy atom. The van der Waals surface area contributed by atoms with E-state index in [0.717, 1.165) is 6.08 Å². The molecule has 1 amide bonds. The van der Waals surface area contributed by atoms with E-state index in [2.05, 4.69) is 26.2 Å². The van der Waals surface area contributed by atoms with Gasteiger partial charge in [-0.2, -0.15) is 0 Å². The Morgan fingerprint density at radius 2 is 1.62 bits per heavy atom. The highest BCUT2D eigenvalue weighted by Crippen LogP contribution is 1.98. The van der Waals surface area contributed by atoms with Crippen molar-refractivity contribution in [1.82, 2.24) is 0 Å². The molecule has 4 N–H and O–H groups in total. The van der Waals surface area contributed by atoms with Crippen molar-refractivity contribution in [2.24, 2.45) is 5.73 Å². The van der Waals surface area contributed by atoms with Gasteiger partial charge in [0, 0.05) is 4.57 Å². The Morgan fingerprint density at radius 1 is 1.54 bits per heavy atom. The molecule has 0 fully saturated rings. The van der Waals surface area contributed by atoms with Gasteiger partial charge in [0.1, 0.15) is 0 Å². The lowest BCUT2D eigenvalue weighted by molar-refractivity contribution is -0.113. The quantitative estimate of drug-likeness (QED) is 0.451. The summed E-state index contributed by atoms with van der Waals surface area (Å²) in [5.74, 6) is -0.481. The average molecular weight is 212 g/mol. The van der Waals surface area contributed by atoms with Gasteiger partial charge in [-0.15, -0.1) is 9.79 Å². The van der Waals surface area contributed by atoms with Crippen LogP contribution in [0, 0.1) is 0 Å². The Balaban J connectivity index is -0.0000000465. The highest BCUT2D eigenvalue weighted by molar-refractivity contribution is 7.30. The molecule has 0 saturated carbocycles. The van der Waals surface area contributed by atoms with Gasteiger partial charge in [-0.1, -0.05) is 34.3 Å². The van der Waals surface area contributed by atoms with Crippen molar-refractivity contribution in [1.29, 1.82) is 0 Å². The van der Waals surface area contributed by atoms with E-state index >= 15 is 0 Å². The summed E-state index contributed by atoms with van der Waals surface area (Å²) in [5.41, 5.74) is 4.53. The van der Waals surface area contributed by atoms with Gasteiger partial charge in [0.2, 0.25) is 5.91 Å². The maximum absolute atomic E-state index is 9.47. The molecule has 0 spiro atoms. The second kappa shape index (κ2) is 22.5. The zero-order chi connectivity index (χ0) is 10.6. The SMILES string of the molecule is C.C=CC(N)=O.CCC.O=[P+](O)O. The van der Waals surface area contributed by atoms with E-state index in [1.54, 1.807) is 0 Å². The van der Waals surface area contributed by atoms with Gasteiger partial charge in [0.25, 0.3) is 0 Å². The molecule has 0 unspecified atom stereocenters. The highest BCUT2D eigenvalue weighted by Gasteiger charge is 1.93. The first-order valence-electron chi connectivity index (χ1n) is 3.19. The number of amides is 1. The summed E-state index contributed by atoms with van der Waals surface area (Å²) in [5, 5.41) is 0. The molecule has 6 heteroatoms. The monoisotopic (exact) mass is 212 g/mol. The largest absolute Gasteiger partial charge is 0.692 e. The van der Waals surface area contributed by atoms with Gasteiger partial charge >= 0.3 is 8.25 Å². The molecule has 0 aliphatic heterocycles. The third-order valence-corrected chi connectivity index (χ3v) is 0.201. The molecule has 0 atom stereocenters. The zero-order valence-corrected chi connectivity index (χ0v) is 8.12. The number of nitrogens with two attached hydrogens (primary N) is 1. The summed E-state index contributed by atoms with van der Waals surface area (Å²) in [6.45, 7) is 7.34. The third-order valence-electron chi connectivity index (χ3n) is 0.201. The second-order valence-electron chi connectivity index (χ2n) is 1.57. The van der Waals surface area contributed by atoms with E-state index in [4.69, 9.17) is 14.4 Å². The first-order chi connectivity index (χ1) is 5.42. The van der Waals surface area contributed by atoms with Crippen LogP contribution < -0.4 is 5.73 Å². The molecule has 0 radical (unpaired) electrons. The van der Waals surface area contributed by atoms with E-state index in [1.165, 1.54) is 6.42 Å². The van der Waals surface area contributed by atoms with Crippen molar-refractivity contribution in [3.8, 4) is 0 Å². The topological polar surface area (TPSA) is 101 Å². The van der Waals surface area contributed by atoms with E-state index < -0.39 is 14.2 Å². The van der Waals surface area contributed by atoms with Crippen LogP contribution >= 0.6 is 8.25 Å². The van der Waals surface area contributed by atoms with Crippen molar-refractivity contribution in [3.05, 3.63) is 12.7 Å². The Bertz CT molecular complexity index is 134. The average Bonchev–Trinajstić information content (AvgIpc) is 1.88. The number of hydrogen-bond donors (Lipinski definition) is 3. The molecule has 0 rings (SSSR count). The Kier molecular flexibility index (Phi) is 39.4. The minimum atomic E-state index is -2.87. The lowest BCUT2D eigenvalue weighted by Gasteiger charge is -1.65. The molecule has 5 nitrogen and oxygen atoms in total. The van der Waals surface area contributed by atoms with Crippen molar-refractivity contribution in [3.63, 3.8) is 0 Å². The number of carbonyl (C=O) groups is 1. The summed E-state index contributed by atoms with van der Waals surface area (Å²) in [6, 6.07) is 0. The number of rotatable bonds is 1. The van der Waals surface area contributed by atoms with Crippen LogP contribution in [0.15, 0.2) is 12.7 Å². The predicted molar refractivity (Wildman–Crippen MR) is 54.1 cm³/mol. The van der Waals surface area contributed by atoms with Crippen LogP contribution in [-0.2, 0) is 9.36 Å². The first-order valence-corrected chi connectivity index (χ1v) is 4.35. The van der Waals surface area contributed by atoms with Crippen LogP contribution in [0.4, 0.5) is 0 Å². The fourth-order valence-corrected chi connectivity index (χ4v) is 0. The summed E-state index contributed by atoms with van der Waals surface area (Å²) < 4.78 is 8.70. The number of hydrogen-bond acceptors (Lipinski definition) is 2. The van der Waals surface area contributed by atoms with Crippen molar-refractivity contribution < 1.29 is 19.1 Å². The third kappa shape index (κ3) is 632. The summed E-state index contributed by atoms with van der Waals surface area (Å²) >= 11 is 0. The normalized spacial score (nSPS) is 5.85. The van der Waals surface area contributed by atoms with Gasteiger partial charge in [0.15, 0.2) is 0 Å². The maximum Gasteiger partial charge on any atom is 0.692 e. The molecule has 13 heavy (non-hydrogen) atoms. The predicted octanol–water partition coefficient (Wildman–Crippen LogP) is 1.34. The Hall–Kier alpha value is -0.770. The first kappa shape index (κ1) is 22.8. The number of carbonyl (C=O) groups excluding carboxylic acids is 1. The molecule has 0 aromatic carbocycles. The smallest absolute Gasteiger partial charge is 0.366 e. The molecule has 0 aliphatic carbocycles. The van der Waals surface area contributed by atoms with E-state index in [-0.39, 0.29) is 7.43 Å². The van der Waals surface area contributed by atoms with Gasteiger partial charge in [-0.3, -0.25) is 4.79 Å². The van der Waals surface area contributed by atoms with Crippen LogP contribution in [-0.4, -0.2) is 15.7 Å². The molecular weight excluding hydrogens is 193 g/mol. The minimum Gasteiger partial charge on any atom is -0.366 e. The standard InChI is InChI=1S/C3H5NO.C3H8.CH4.HO3P/c1-2-3(4)5;1-3-2;;1-4(2)3/h2H,1H2,(H2,4,5);3H2,1-2H3;1H4;(H-,1,2,3)/p+1. The Labute approximate surface area is 80.2 Å². The molecule has 0 aromatic rings. The molecule has 0 bridgehead atoms. The fourth-order valence-electron chi connectivity index (χ4n) is 0.